The van der Waals surface area contributed by atoms with Crippen molar-refractivity contribution in [2.45, 2.75) is 38.1 Å². The molecule has 0 aromatic heterocycles. The fourth-order valence-electron chi connectivity index (χ4n) is 2.35. The molecule has 0 spiro atoms. The van der Waals surface area contributed by atoms with Crippen LogP contribution in [0.1, 0.15) is 43.7 Å². The summed E-state index contributed by atoms with van der Waals surface area (Å²) >= 11 is 12.0. The van der Waals surface area contributed by atoms with Gasteiger partial charge in [-0.05, 0) is 49.8 Å². The summed E-state index contributed by atoms with van der Waals surface area (Å²) in [6, 6.07) is 5.78. The highest BCUT2D eigenvalue weighted by Crippen LogP contribution is 2.30. The average Bonchev–Trinajstić information content (AvgIpc) is 2.40. The molecule has 0 aliphatic heterocycles. The number of halogens is 2. The Labute approximate surface area is 118 Å². The van der Waals surface area contributed by atoms with Gasteiger partial charge in [-0.15, -0.1) is 0 Å². The van der Waals surface area contributed by atoms with Crippen molar-refractivity contribution < 1.29 is 0 Å². The van der Waals surface area contributed by atoms with Crippen molar-refractivity contribution in [2.75, 3.05) is 0 Å². The highest BCUT2D eigenvalue weighted by molar-refractivity contribution is 6.42. The van der Waals surface area contributed by atoms with E-state index in [9.17, 15) is 0 Å². The van der Waals surface area contributed by atoms with E-state index in [0.29, 0.717) is 10.0 Å². The Kier molecular flexibility index (Phi) is 5.07. The maximum atomic E-state index is 6.04. The Morgan fingerprint density at radius 1 is 1.22 bits per heavy atom. The summed E-state index contributed by atoms with van der Waals surface area (Å²) in [5.74, 6) is 5.66. The molecule has 1 aromatic rings. The molecule has 98 valence electrons. The third-order valence-corrected chi connectivity index (χ3v) is 4.14. The summed E-state index contributed by atoms with van der Waals surface area (Å²) < 4.78 is 0. The van der Waals surface area contributed by atoms with Gasteiger partial charge in [-0.3, -0.25) is 11.3 Å². The van der Waals surface area contributed by atoms with Crippen molar-refractivity contribution in [1.82, 2.24) is 5.43 Å². The first-order valence-electron chi connectivity index (χ1n) is 6.29. The van der Waals surface area contributed by atoms with Crippen molar-refractivity contribution >= 4 is 23.2 Å². The van der Waals surface area contributed by atoms with E-state index < -0.39 is 0 Å². The van der Waals surface area contributed by atoms with Crippen molar-refractivity contribution in [3.8, 4) is 0 Å². The molecule has 1 aromatic carbocycles. The Morgan fingerprint density at radius 2 is 2.06 bits per heavy atom. The van der Waals surface area contributed by atoms with Crippen LogP contribution in [0, 0.1) is 0 Å². The van der Waals surface area contributed by atoms with Gasteiger partial charge in [0.15, 0.2) is 0 Å². The smallest absolute Gasteiger partial charge is 0.0595 e. The molecule has 3 N–H and O–H groups in total. The summed E-state index contributed by atoms with van der Waals surface area (Å²) in [4.78, 5) is 0. The lowest BCUT2D eigenvalue weighted by Crippen LogP contribution is -2.28. The minimum absolute atomic E-state index is 0.101. The van der Waals surface area contributed by atoms with Crippen molar-refractivity contribution in [1.29, 1.82) is 0 Å². The van der Waals surface area contributed by atoms with Crippen LogP contribution >= 0.6 is 23.2 Å². The number of hydrogen-bond donors (Lipinski definition) is 2. The van der Waals surface area contributed by atoms with Crippen molar-refractivity contribution in [3.63, 3.8) is 0 Å². The number of allylic oxidation sites excluding steroid dienone is 1. The van der Waals surface area contributed by atoms with Crippen LogP contribution in [0.15, 0.2) is 29.8 Å². The molecular weight excluding hydrogens is 267 g/mol. The molecule has 1 aliphatic carbocycles. The summed E-state index contributed by atoms with van der Waals surface area (Å²) in [6.07, 6.45) is 8.23. The summed E-state index contributed by atoms with van der Waals surface area (Å²) in [6.45, 7) is 0. The Bertz CT molecular complexity index is 443. The Balaban J connectivity index is 2.12. The molecule has 0 fully saturated rings. The van der Waals surface area contributed by atoms with Crippen LogP contribution < -0.4 is 11.3 Å². The fourth-order valence-corrected chi connectivity index (χ4v) is 2.66. The van der Waals surface area contributed by atoms with Gasteiger partial charge in [-0.2, -0.15) is 0 Å². The summed E-state index contributed by atoms with van der Waals surface area (Å²) in [5, 5.41) is 1.15. The molecule has 0 bridgehead atoms. The topological polar surface area (TPSA) is 38.0 Å². The highest BCUT2D eigenvalue weighted by atomic mass is 35.5. The van der Waals surface area contributed by atoms with Crippen LogP contribution in [-0.2, 0) is 0 Å². The van der Waals surface area contributed by atoms with Crippen LogP contribution in [-0.4, -0.2) is 0 Å². The van der Waals surface area contributed by atoms with E-state index >= 15 is 0 Å². The third-order valence-electron chi connectivity index (χ3n) is 3.40. The zero-order valence-electron chi connectivity index (χ0n) is 10.3. The third kappa shape index (κ3) is 3.48. The molecule has 0 saturated heterocycles. The summed E-state index contributed by atoms with van der Waals surface area (Å²) in [7, 11) is 0. The van der Waals surface area contributed by atoms with Crippen LogP contribution in [0.25, 0.3) is 0 Å². The first-order valence-corrected chi connectivity index (χ1v) is 7.05. The van der Waals surface area contributed by atoms with Gasteiger partial charge in [0.1, 0.15) is 0 Å². The predicted molar refractivity (Wildman–Crippen MR) is 77.7 cm³/mol. The van der Waals surface area contributed by atoms with E-state index in [0.717, 1.165) is 12.0 Å². The lowest BCUT2D eigenvalue weighted by molar-refractivity contribution is 0.529. The number of nitrogens with one attached hydrogen (secondary N) is 1. The molecule has 4 heteroatoms. The zero-order chi connectivity index (χ0) is 13.0. The Hall–Kier alpha value is -0.540. The van der Waals surface area contributed by atoms with Crippen LogP contribution in [0.4, 0.5) is 0 Å². The molecule has 0 saturated carbocycles. The minimum atomic E-state index is 0.101. The van der Waals surface area contributed by atoms with E-state index in [4.69, 9.17) is 29.0 Å². The number of benzene rings is 1. The number of hydrogen-bond acceptors (Lipinski definition) is 2. The van der Waals surface area contributed by atoms with Gasteiger partial charge in [0.05, 0.1) is 10.0 Å². The molecular formula is C14H18Cl2N2. The van der Waals surface area contributed by atoms with Crippen LogP contribution in [0.2, 0.25) is 10.0 Å². The molecule has 0 radical (unpaired) electrons. The first kappa shape index (κ1) is 13.9. The van der Waals surface area contributed by atoms with Gasteiger partial charge in [0.2, 0.25) is 0 Å². The maximum Gasteiger partial charge on any atom is 0.0595 e. The second kappa shape index (κ2) is 6.58. The maximum absolute atomic E-state index is 6.04. The largest absolute Gasteiger partial charge is 0.271 e. The van der Waals surface area contributed by atoms with Gasteiger partial charge in [-0.25, -0.2) is 0 Å². The van der Waals surface area contributed by atoms with E-state index in [1.54, 1.807) is 0 Å². The van der Waals surface area contributed by atoms with E-state index in [2.05, 4.69) is 11.5 Å². The monoisotopic (exact) mass is 284 g/mol. The second-order valence-electron chi connectivity index (χ2n) is 4.71. The number of nitrogens with two attached hydrogens (primary N) is 1. The lowest BCUT2D eigenvalue weighted by atomic mass is 9.92. The molecule has 1 atom stereocenters. The lowest BCUT2D eigenvalue weighted by Gasteiger charge is -2.20. The van der Waals surface area contributed by atoms with Gasteiger partial charge in [0, 0.05) is 6.04 Å². The zero-order valence-corrected chi connectivity index (χ0v) is 11.8. The standard InChI is InChI=1S/C14H18Cl2N2/c15-12-7-6-11(9-13(12)16)14(18-17)8-10-4-2-1-3-5-10/h4,6-7,9,14,18H,1-3,5,8,17H2. The van der Waals surface area contributed by atoms with Gasteiger partial charge in [-0.1, -0.05) is 40.9 Å². The minimum Gasteiger partial charge on any atom is -0.271 e. The second-order valence-corrected chi connectivity index (χ2v) is 5.52. The summed E-state index contributed by atoms with van der Waals surface area (Å²) in [5.41, 5.74) is 5.43. The molecule has 1 aliphatic rings. The van der Waals surface area contributed by atoms with E-state index in [-0.39, 0.29) is 6.04 Å². The van der Waals surface area contributed by atoms with Crippen molar-refractivity contribution in [2.24, 2.45) is 5.84 Å². The normalized spacial score (nSPS) is 17.4. The quantitative estimate of drug-likeness (QED) is 0.489. The average molecular weight is 285 g/mol. The highest BCUT2D eigenvalue weighted by Gasteiger charge is 2.14. The predicted octanol–water partition coefficient (Wildman–Crippen LogP) is 4.39. The van der Waals surface area contributed by atoms with E-state index in [1.165, 1.54) is 31.3 Å². The first-order chi connectivity index (χ1) is 8.70. The number of hydrazine groups is 1. The van der Waals surface area contributed by atoms with Crippen LogP contribution in [0.3, 0.4) is 0 Å². The van der Waals surface area contributed by atoms with Crippen molar-refractivity contribution in [3.05, 3.63) is 45.5 Å². The van der Waals surface area contributed by atoms with Gasteiger partial charge < -0.3 is 0 Å². The van der Waals surface area contributed by atoms with E-state index in [1.807, 2.05) is 18.2 Å². The molecule has 0 heterocycles. The van der Waals surface area contributed by atoms with Crippen LogP contribution in [0.5, 0.6) is 0 Å². The number of rotatable bonds is 4. The SMILES string of the molecule is NNC(CC1=CCCCC1)c1ccc(Cl)c(Cl)c1. The molecule has 18 heavy (non-hydrogen) atoms. The molecule has 0 amide bonds. The molecule has 2 nitrogen and oxygen atoms in total. The molecule has 2 rings (SSSR count). The molecule has 1 unspecified atom stereocenters. The van der Waals surface area contributed by atoms with Gasteiger partial charge >= 0.3 is 0 Å². The fraction of sp³-hybridized carbons (Fsp3) is 0.429. The van der Waals surface area contributed by atoms with Gasteiger partial charge in [0.25, 0.3) is 0 Å². The Morgan fingerprint density at radius 3 is 2.67 bits per heavy atom.